The Morgan fingerprint density at radius 3 is 2.48 bits per heavy atom. The number of hydrogen-bond acceptors (Lipinski definition) is 1. The number of hydrogen-bond donors (Lipinski definition) is 0. The van der Waals surface area contributed by atoms with Gasteiger partial charge in [-0.1, -0.05) is 43.7 Å². The van der Waals surface area contributed by atoms with E-state index in [1.807, 2.05) is 6.08 Å². The normalized spacial score (nSPS) is 22.3. The molecule has 1 aromatic rings. The molecule has 2 rings (SSSR count). The zero-order valence-electron chi connectivity index (χ0n) is 13.2. The van der Waals surface area contributed by atoms with Gasteiger partial charge in [0.15, 0.2) is 0 Å². The Kier molecular flexibility index (Phi) is 6.54. The molecule has 1 aromatic carbocycles. The Labute approximate surface area is 129 Å². The smallest absolute Gasteiger partial charge is 0.0908 e. The maximum Gasteiger partial charge on any atom is 0.0908 e. The van der Waals surface area contributed by atoms with Gasteiger partial charge in [-0.3, -0.25) is 0 Å². The largest absolute Gasteiger partial charge is 0.193 e. The molecule has 1 nitrogen and oxygen atoms in total. The molecule has 0 aliphatic heterocycles. The summed E-state index contributed by atoms with van der Waals surface area (Å²) in [7, 11) is 0. The van der Waals surface area contributed by atoms with Crippen molar-refractivity contribution >= 4 is 0 Å². The van der Waals surface area contributed by atoms with Crippen molar-refractivity contribution in [3.63, 3.8) is 0 Å². The van der Waals surface area contributed by atoms with Crippen LogP contribution in [0.4, 0.5) is 0 Å². The highest BCUT2D eigenvalue weighted by Gasteiger charge is 2.21. The summed E-state index contributed by atoms with van der Waals surface area (Å²) in [4.78, 5) is 0. The molecule has 0 aromatic heterocycles. The molecule has 21 heavy (non-hydrogen) atoms. The maximum atomic E-state index is 8.48. The predicted molar refractivity (Wildman–Crippen MR) is 89.1 cm³/mol. The molecule has 1 aliphatic rings. The highest BCUT2D eigenvalue weighted by Crippen LogP contribution is 2.37. The SMILES string of the molecule is CCCc1ccc(C2CCC(CCC=CC#N)CC2)cc1. The molecular formula is C20H27N. The fourth-order valence-corrected chi connectivity index (χ4v) is 3.50. The molecule has 0 unspecified atom stereocenters. The lowest BCUT2D eigenvalue weighted by Crippen LogP contribution is -2.13. The van der Waals surface area contributed by atoms with Gasteiger partial charge in [0.1, 0.15) is 0 Å². The van der Waals surface area contributed by atoms with E-state index in [-0.39, 0.29) is 0 Å². The Hall–Kier alpha value is -1.55. The van der Waals surface area contributed by atoms with Crippen molar-refractivity contribution in [2.75, 3.05) is 0 Å². The second-order valence-electron chi connectivity index (χ2n) is 6.32. The third-order valence-corrected chi connectivity index (χ3v) is 4.77. The number of nitriles is 1. The summed E-state index contributed by atoms with van der Waals surface area (Å²) in [5.74, 6) is 1.63. The lowest BCUT2D eigenvalue weighted by Gasteiger charge is -2.28. The standard InChI is InChI=1S/C20H27N/c1-2-6-17-8-12-19(13-9-17)20-14-10-18(11-15-20)7-4-3-5-16-21/h3,5,8-9,12-13,18,20H,2,4,6-7,10-11,14-15H2,1H3. The molecule has 1 heteroatoms. The third-order valence-electron chi connectivity index (χ3n) is 4.77. The Morgan fingerprint density at radius 2 is 1.86 bits per heavy atom. The molecule has 112 valence electrons. The van der Waals surface area contributed by atoms with Crippen LogP contribution in [0, 0.1) is 17.2 Å². The number of nitrogens with zero attached hydrogens (tertiary/aromatic N) is 1. The molecule has 0 spiro atoms. The van der Waals surface area contributed by atoms with Crippen LogP contribution in [0.25, 0.3) is 0 Å². The summed E-state index contributed by atoms with van der Waals surface area (Å²) in [5, 5.41) is 8.48. The van der Waals surface area contributed by atoms with E-state index in [0.29, 0.717) is 0 Å². The molecule has 0 saturated heterocycles. The van der Waals surface area contributed by atoms with Gasteiger partial charge in [-0.05, 0) is 67.9 Å². The minimum absolute atomic E-state index is 0.770. The summed E-state index contributed by atoms with van der Waals surface area (Å²) in [6.07, 6.45) is 13.7. The van der Waals surface area contributed by atoms with Crippen LogP contribution >= 0.6 is 0 Å². The number of rotatable bonds is 6. The summed E-state index contributed by atoms with van der Waals surface area (Å²) < 4.78 is 0. The van der Waals surface area contributed by atoms with Crippen molar-refractivity contribution in [2.45, 2.75) is 64.2 Å². The van der Waals surface area contributed by atoms with Crippen LogP contribution in [-0.2, 0) is 6.42 Å². The van der Waals surface area contributed by atoms with Crippen molar-refractivity contribution in [1.29, 1.82) is 5.26 Å². The molecule has 0 atom stereocenters. The monoisotopic (exact) mass is 281 g/mol. The highest BCUT2D eigenvalue weighted by atomic mass is 14.3. The van der Waals surface area contributed by atoms with E-state index in [0.717, 1.165) is 18.3 Å². The van der Waals surface area contributed by atoms with Crippen LogP contribution in [0.3, 0.4) is 0 Å². The van der Waals surface area contributed by atoms with Gasteiger partial charge in [0, 0.05) is 6.08 Å². The van der Waals surface area contributed by atoms with Crippen molar-refractivity contribution in [2.24, 2.45) is 5.92 Å². The van der Waals surface area contributed by atoms with Crippen LogP contribution in [-0.4, -0.2) is 0 Å². The van der Waals surface area contributed by atoms with Crippen LogP contribution in [0.2, 0.25) is 0 Å². The molecule has 1 saturated carbocycles. The minimum Gasteiger partial charge on any atom is -0.193 e. The number of benzene rings is 1. The van der Waals surface area contributed by atoms with Crippen LogP contribution in [0.1, 0.15) is 68.9 Å². The van der Waals surface area contributed by atoms with Gasteiger partial charge in [0.2, 0.25) is 0 Å². The highest BCUT2D eigenvalue weighted by molar-refractivity contribution is 5.25. The summed E-state index contributed by atoms with van der Waals surface area (Å²) >= 11 is 0. The van der Waals surface area contributed by atoms with Crippen molar-refractivity contribution in [3.05, 3.63) is 47.5 Å². The molecular weight excluding hydrogens is 254 g/mol. The van der Waals surface area contributed by atoms with Gasteiger partial charge in [-0.25, -0.2) is 0 Å². The molecule has 1 aliphatic carbocycles. The number of allylic oxidation sites excluding steroid dienone is 2. The van der Waals surface area contributed by atoms with Gasteiger partial charge in [0.25, 0.3) is 0 Å². The van der Waals surface area contributed by atoms with Gasteiger partial charge >= 0.3 is 0 Å². The first kappa shape index (κ1) is 15.8. The Morgan fingerprint density at radius 1 is 1.14 bits per heavy atom. The minimum atomic E-state index is 0.770. The van der Waals surface area contributed by atoms with Crippen molar-refractivity contribution in [1.82, 2.24) is 0 Å². The van der Waals surface area contributed by atoms with Crippen LogP contribution in [0.15, 0.2) is 36.4 Å². The summed E-state index contributed by atoms with van der Waals surface area (Å²) in [6, 6.07) is 11.4. The van der Waals surface area contributed by atoms with E-state index in [2.05, 4.69) is 37.3 Å². The van der Waals surface area contributed by atoms with E-state index < -0.39 is 0 Å². The quantitative estimate of drug-likeness (QED) is 0.607. The van der Waals surface area contributed by atoms with Crippen molar-refractivity contribution in [3.8, 4) is 6.07 Å². The zero-order valence-corrected chi connectivity index (χ0v) is 13.2. The van der Waals surface area contributed by atoms with E-state index in [1.165, 1.54) is 56.1 Å². The molecule has 0 heterocycles. The molecule has 1 fully saturated rings. The Balaban J connectivity index is 1.78. The maximum absolute atomic E-state index is 8.48. The average molecular weight is 281 g/mol. The topological polar surface area (TPSA) is 23.8 Å². The zero-order chi connectivity index (χ0) is 14.9. The fourth-order valence-electron chi connectivity index (χ4n) is 3.50. The lowest BCUT2D eigenvalue weighted by molar-refractivity contribution is 0.312. The average Bonchev–Trinajstić information content (AvgIpc) is 2.53. The van der Waals surface area contributed by atoms with Gasteiger partial charge < -0.3 is 0 Å². The van der Waals surface area contributed by atoms with E-state index in [1.54, 1.807) is 6.08 Å². The molecule has 0 amide bonds. The first-order chi connectivity index (χ1) is 10.3. The first-order valence-electron chi connectivity index (χ1n) is 8.47. The van der Waals surface area contributed by atoms with Gasteiger partial charge in [0.05, 0.1) is 6.07 Å². The van der Waals surface area contributed by atoms with E-state index in [4.69, 9.17) is 5.26 Å². The third kappa shape index (κ3) is 5.05. The second-order valence-corrected chi connectivity index (χ2v) is 6.32. The molecule has 0 N–H and O–H groups in total. The van der Waals surface area contributed by atoms with Gasteiger partial charge in [-0.15, -0.1) is 0 Å². The lowest BCUT2D eigenvalue weighted by atomic mass is 9.77. The predicted octanol–water partition coefficient (Wildman–Crippen LogP) is 5.77. The van der Waals surface area contributed by atoms with Gasteiger partial charge in [-0.2, -0.15) is 5.26 Å². The molecule has 0 bridgehead atoms. The van der Waals surface area contributed by atoms with E-state index in [9.17, 15) is 0 Å². The summed E-state index contributed by atoms with van der Waals surface area (Å²) in [5.41, 5.74) is 3.01. The second kappa shape index (κ2) is 8.67. The fraction of sp³-hybridized carbons (Fsp3) is 0.550. The van der Waals surface area contributed by atoms with Crippen LogP contribution < -0.4 is 0 Å². The molecule has 0 radical (unpaired) electrons. The van der Waals surface area contributed by atoms with Crippen LogP contribution in [0.5, 0.6) is 0 Å². The van der Waals surface area contributed by atoms with Crippen molar-refractivity contribution < 1.29 is 0 Å². The number of aryl methyl sites for hydroxylation is 1. The summed E-state index contributed by atoms with van der Waals surface area (Å²) in [6.45, 7) is 2.24. The van der Waals surface area contributed by atoms with E-state index >= 15 is 0 Å². The first-order valence-corrected chi connectivity index (χ1v) is 8.47. The Bertz CT molecular complexity index is 470.